The van der Waals surface area contributed by atoms with Gasteiger partial charge in [0.1, 0.15) is 28.2 Å². The normalized spacial score (nSPS) is 11.6. The molecule has 0 spiro atoms. The van der Waals surface area contributed by atoms with Crippen LogP contribution >= 0.6 is 23.4 Å². The van der Waals surface area contributed by atoms with Crippen molar-refractivity contribution < 1.29 is 28.6 Å². The summed E-state index contributed by atoms with van der Waals surface area (Å²) in [4.78, 5) is 41.5. The lowest BCUT2D eigenvalue weighted by atomic mass is 10.1. The molecule has 0 aliphatic rings. The molecule has 11 heteroatoms. The maximum atomic E-state index is 13.8. The third kappa shape index (κ3) is 9.25. The summed E-state index contributed by atoms with van der Waals surface area (Å²) in [5, 5.41) is 8.37. The molecule has 0 aromatic heterocycles. The van der Waals surface area contributed by atoms with Gasteiger partial charge in [0.05, 0.1) is 27.0 Å². The SMILES string of the molecule is COc1ccc(/C=C(/NC(=O)c2ccccc2)C(=O)Nc2cccc(SC(C(=O)Nc3cc(Cl)ccc3OC)c3ccccc3)c2)c(OC)c1. The van der Waals surface area contributed by atoms with Gasteiger partial charge in [0, 0.05) is 32.8 Å². The van der Waals surface area contributed by atoms with Crippen LogP contribution in [0, 0.1) is 0 Å². The molecule has 3 amide bonds. The monoisotopic (exact) mass is 707 g/mol. The first-order chi connectivity index (χ1) is 24.3. The molecule has 0 radical (unpaired) electrons. The van der Waals surface area contributed by atoms with E-state index in [9.17, 15) is 14.4 Å². The van der Waals surface area contributed by atoms with Crippen molar-refractivity contribution in [2.24, 2.45) is 0 Å². The summed E-state index contributed by atoms with van der Waals surface area (Å²) in [5.41, 5.74) is 2.57. The summed E-state index contributed by atoms with van der Waals surface area (Å²) < 4.78 is 16.3. The van der Waals surface area contributed by atoms with Gasteiger partial charge in [-0.3, -0.25) is 14.4 Å². The van der Waals surface area contributed by atoms with Crippen molar-refractivity contribution in [1.82, 2.24) is 5.32 Å². The Kier molecular flexibility index (Phi) is 12.2. The Balaban J connectivity index is 1.42. The van der Waals surface area contributed by atoms with Crippen LogP contribution in [0.1, 0.15) is 26.7 Å². The molecule has 5 aromatic rings. The molecule has 9 nitrogen and oxygen atoms in total. The standard InChI is InChI=1S/C39H34ClN3O6S/c1-47-30-19-17-27(35(24-30)49-3)21-33(43-37(44)26-13-8-5-9-14-26)38(45)41-29-15-10-16-31(23-29)50-36(25-11-6-4-7-12-25)39(46)42-32-22-28(40)18-20-34(32)48-2/h4-24,36H,1-3H3,(H,41,45)(H,42,46)(H,43,44)/b33-21+. The summed E-state index contributed by atoms with van der Waals surface area (Å²) in [6.45, 7) is 0. The minimum Gasteiger partial charge on any atom is -0.497 e. The average Bonchev–Trinajstić information content (AvgIpc) is 3.14. The molecule has 0 fully saturated rings. The van der Waals surface area contributed by atoms with Crippen LogP contribution in [0.3, 0.4) is 0 Å². The predicted octanol–water partition coefficient (Wildman–Crippen LogP) is 8.25. The van der Waals surface area contributed by atoms with Crippen LogP contribution < -0.4 is 30.2 Å². The number of carbonyl (C=O) groups is 3. The van der Waals surface area contributed by atoms with Crippen LogP contribution in [0.25, 0.3) is 6.08 Å². The second kappa shape index (κ2) is 17.1. The van der Waals surface area contributed by atoms with Gasteiger partial charge in [0.25, 0.3) is 11.8 Å². The zero-order valence-corrected chi connectivity index (χ0v) is 29.0. The number of halogens is 1. The Labute approximate surface area is 299 Å². The molecule has 1 unspecified atom stereocenters. The summed E-state index contributed by atoms with van der Waals surface area (Å²) in [6, 6.07) is 35.2. The number of thioether (sulfide) groups is 1. The quantitative estimate of drug-likeness (QED) is 0.0834. The maximum absolute atomic E-state index is 13.8. The van der Waals surface area contributed by atoms with E-state index in [4.69, 9.17) is 25.8 Å². The number of amides is 3. The molecular formula is C39H34ClN3O6S. The average molecular weight is 708 g/mol. The zero-order chi connectivity index (χ0) is 35.5. The van der Waals surface area contributed by atoms with Gasteiger partial charge in [-0.05, 0) is 72.3 Å². The number of hydrogen-bond donors (Lipinski definition) is 3. The fourth-order valence-electron chi connectivity index (χ4n) is 4.89. The molecule has 5 rings (SSSR count). The second-order valence-corrected chi connectivity index (χ2v) is 12.3. The van der Waals surface area contributed by atoms with Gasteiger partial charge in [-0.15, -0.1) is 11.8 Å². The van der Waals surface area contributed by atoms with Crippen LogP contribution in [0.5, 0.6) is 17.2 Å². The molecule has 0 saturated heterocycles. The lowest BCUT2D eigenvalue weighted by Crippen LogP contribution is -2.30. The Hall–Kier alpha value is -5.71. The number of nitrogens with one attached hydrogen (secondary N) is 3. The van der Waals surface area contributed by atoms with Gasteiger partial charge in [0.15, 0.2) is 0 Å². The van der Waals surface area contributed by atoms with Gasteiger partial charge in [-0.25, -0.2) is 0 Å². The molecule has 0 bridgehead atoms. The summed E-state index contributed by atoms with van der Waals surface area (Å²) in [7, 11) is 4.57. The molecule has 0 aliphatic carbocycles. The van der Waals surface area contributed by atoms with Crippen LogP contribution in [0.2, 0.25) is 5.02 Å². The first-order valence-electron chi connectivity index (χ1n) is 15.4. The Morgan fingerprint density at radius 1 is 0.720 bits per heavy atom. The Morgan fingerprint density at radius 3 is 2.14 bits per heavy atom. The van der Waals surface area contributed by atoms with Gasteiger partial charge in [-0.1, -0.05) is 66.2 Å². The number of benzene rings is 5. The second-order valence-electron chi connectivity index (χ2n) is 10.7. The third-order valence-electron chi connectivity index (χ3n) is 7.37. The largest absolute Gasteiger partial charge is 0.497 e. The smallest absolute Gasteiger partial charge is 0.272 e. The van der Waals surface area contributed by atoms with Crippen LogP contribution in [-0.2, 0) is 9.59 Å². The molecule has 50 heavy (non-hydrogen) atoms. The Morgan fingerprint density at radius 2 is 1.44 bits per heavy atom. The van der Waals surface area contributed by atoms with E-state index >= 15 is 0 Å². The van der Waals surface area contributed by atoms with E-state index in [0.717, 1.165) is 5.56 Å². The highest BCUT2D eigenvalue weighted by molar-refractivity contribution is 8.00. The van der Waals surface area contributed by atoms with E-state index < -0.39 is 17.1 Å². The zero-order valence-electron chi connectivity index (χ0n) is 27.4. The van der Waals surface area contributed by atoms with Crippen molar-refractivity contribution in [3.05, 3.63) is 149 Å². The minimum absolute atomic E-state index is 0.0163. The van der Waals surface area contributed by atoms with Crippen molar-refractivity contribution in [3.8, 4) is 17.2 Å². The van der Waals surface area contributed by atoms with Crippen molar-refractivity contribution >= 4 is 58.5 Å². The van der Waals surface area contributed by atoms with Gasteiger partial charge in [-0.2, -0.15) is 0 Å². The van der Waals surface area contributed by atoms with Gasteiger partial charge >= 0.3 is 0 Å². The van der Waals surface area contributed by atoms with Crippen molar-refractivity contribution in [1.29, 1.82) is 0 Å². The highest BCUT2D eigenvalue weighted by atomic mass is 35.5. The minimum atomic E-state index is -0.672. The van der Waals surface area contributed by atoms with Crippen molar-refractivity contribution in [2.45, 2.75) is 10.1 Å². The molecule has 5 aromatic carbocycles. The van der Waals surface area contributed by atoms with Crippen LogP contribution in [0.15, 0.2) is 132 Å². The van der Waals surface area contributed by atoms with E-state index in [1.807, 2.05) is 36.4 Å². The highest BCUT2D eigenvalue weighted by Gasteiger charge is 2.24. The summed E-state index contributed by atoms with van der Waals surface area (Å²) >= 11 is 7.52. The number of rotatable bonds is 13. The summed E-state index contributed by atoms with van der Waals surface area (Å²) in [5.74, 6) is 0.166. The van der Waals surface area contributed by atoms with Crippen LogP contribution in [-0.4, -0.2) is 39.1 Å². The molecule has 3 N–H and O–H groups in total. The first kappa shape index (κ1) is 35.6. The number of hydrogen-bond acceptors (Lipinski definition) is 7. The van der Waals surface area contributed by atoms with E-state index in [1.165, 1.54) is 32.1 Å². The molecular weight excluding hydrogens is 674 g/mol. The highest BCUT2D eigenvalue weighted by Crippen LogP contribution is 2.38. The number of methoxy groups -OCH3 is 3. The molecule has 254 valence electrons. The van der Waals surface area contributed by atoms with Crippen molar-refractivity contribution in [2.75, 3.05) is 32.0 Å². The Bertz CT molecular complexity index is 2010. The van der Waals surface area contributed by atoms with Gasteiger partial charge in [0.2, 0.25) is 5.91 Å². The van der Waals surface area contributed by atoms with Gasteiger partial charge < -0.3 is 30.2 Å². The van der Waals surface area contributed by atoms with E-state index in [0.29, 0.717) is 49.7 Å². The summed E-state index contributed by atoms with van der Waals surface area (Å²) in [6.07, 6.45) is 1.53. The van der Waals surface area contributed by atoms with Crippen LogP contribution in [0.4, 0.5) is 11.4 Å². The first-order valence-corrected chi connectivity index (χ1v) is 16.6. The lowest BCUT2D eigenvalue weighted by molar-refractivity contribution is -0.116. The predicted molar refractivity (Wildman–Crippen MR) is 198 cm³/mol. The number of carbonyl (C=O) groups excluding carboxylic acids is 3. The maximum Gasteiger partial charge on any atom is 0.272 e. The van der Waals surface area contributed by atoms with Crippen molar-refractivity contribution in [3.63, 3.8) is 0 Å². The molecule has 0 saturated carbocycles. The fourth-order valence-corrected chi connectivity index (χ4v) is 6.15. The van der Waals surface area contributed by atoms with E-state index in [-0.39, 0.29) is 11.6 Å². The van der Waals surface area contributed by atoms with E-state index in [2.05, 4.69) is 16.0 Å². The third-order valence-corrected chi connectivity index (χ3v) is 8.86. The molecule has 0 aliphatic heterocycles. The van der Waals surface area contributed by atoms with E-state index in [1.54, 1.807) is 92.0 Å². The molecule has 0 heterocycles. The number of ether oxygens (including phenoxy) is 3. The number of anilines is 2. The lowest BCUT2D eigenvalue weighted by Gasteiger charge is -2.19. The fraction of sp³-hybridized carbons (Fsp3) is 0.103. The molecule has 1 atom stereocenters. The topological polar surface area (TPSA) is 115 Å².